The summed E-state index contributed by atoms with van der Waals surface area (Å²) in [4.78, 5) is 0. The zero-order valence-corrected chi connectivity index (χ0v) is 11.4. The van der Waals surface area contributed by atoms with Crippen LogP contribution in [0.1, 0.15) is 40.5 Å². The van der Waals surface area contributed by atoms with Crippen LogP contribution in [-0.4, -0.2) is 26.4 Å². The summed E-state index contributed by atoms with van der Waals surface area (Å²) in [6.07, 6.45) is 2.70. The third kappa shape index (κ3) is 3.74. The highest BCUT2D eigenvalue weighted by molar-refractivity contribution is 4.84. The lowest BCUT2D eigenvalue weighted by Crippen LogP contribution is -2.38. The number of ether oxygens (including phenoxy) is 2. The minimum absolute atomic E-state index is 0.690. The molecule has 2 nitrogen and oxygen atoms in total. The third-order valence-electron chi connectivity index (χ3n) is 4.12. The van der Waals surface area contributed by atoms with Crippen LogP contribution in [0.25, 0.3) is 0 Å². The molecule has 0 aromatic carbocycles. The van der Waals surface area contributed by atoms with Gasteiger partial charge in [-0.25, -0.2) is 0 Å². The molecule has 4 atom stereocenters. The number of hydrogen-bond acceptors (Lipinski definition) is 2. The van der Waals surface area contributed by atoms with Gasteiger partial charge in [-0.15, -0.1) is 0 Å². The van der Waals surface area contributed by atoms with Crippen LogP contribution in [0.4, 0.5) is 0 Å². The predicted octanol–water partition coefficient (Wildman–Crippen LogP) is 3.36. The van der Waals surface area contributed by atoms with Gasteiger partial charge < -0.3 is 9.47 Å². The Labute approximate surface area is 101 Å². The van der Waals surface area contributed by atoms with E-state index in [2.05, 4.69) is 27.7 Å². The summed E-state index contributed by atoms with van der Waals surface area (Å²) >= 11 is 0. The lowest BCUT2D eigenvalue weighted by molar-refractivity contribution is -0.0251. The maximum Gasteiger partial charge on any atom is 0.0500 e. The fourth-order valence-corrected chi connectivity index (χ4v) is 2.88. The van der Waals surface area contributed by atoms with E-state index >= 15 is 0 Å². The Morgan fingerprint density at radius 2 is 1.19 bits per heavy atom. The normalized spacial score (nSPS) is 35.2. The molecule has 16 heavy (non-hydrogen) atoms. The summed E-state index contributed by atoms with van der Waals surface area (Å²) in [6, 6.07) is 0. The van der Waals surface area contributed by atoms with Crippen molar-refractivity contribution in [3.63, 3.8) is 0 Å². The molecule has 0 amide bonds. The van der Waals surface area contributed by atoms with Gasteiger partial charge in [0.05, 0.1) is 0 Å². The van der Waals surface area contributed by atoms with Crippen LogP contribution in [0, 0.1) is 23.7 Å². The van der Waals surface area contributed by atoms with Crippen molar-refractivity contribution in [3.05, 3.63) is 0 Å². The molecule has 1 aliphatic carbocycles. The van der Waals surface area contributed by atoms with Gasteiger partial charge in [0.25, 0.3) is 0 Å². The molecule has 0 heterocycles. The minimum Gasteiger partial charge on any atom is -0.381 e. The van der Waals surface area contributed by atoms with Crippen LogP contribution in [0.2, 0.25) is 0 Å². The van der Waals surface area contributed by atoms with Crippen LogP contribution < -0.4 is 0 Å². The quantitative estimate of drug-likeness (QED) is 0.694. The van der Waals surface area contributed by atoms with Crippen molar-refractivity contribution in [2.75, 3.05) is 26.4 Å². The molecule has 96 valence electrons. The van der Waals surface area contributed by atoms with Crippen molar-refractivity contribution in [2.24, 2.45) is 23.7 Å². The molecule has 0 aromatic heterocycles. The van der Waals surface area contributed by atoms with E-state index in [-0.39, 0.29) is 0 Å². The van der Waals surface area contributed by atoms with E-state index < -0.39 is 0 Å². The summed E-state index contributed by atoms with van der Waals surface area (Å²) < 4.78 is 11.3. The first-order valence-electron chi connectivity index (χ1n) is 6.86. The summed E-state index contributed by atoms with van der Waals surface area (Å²) in [7, 11) is 0. The first-order chi connectivity index (χ1) is 7.70. The highest BCUT2D eigenvalue weighted by Crippen LogP contribution is 2.38. The molecule has 0 spiro atoms. The van der Waals surface area contributed by atoms with Gasteiger partial charge in [-0.1, -0.05) is 26.7 Å². The predicted molar refractivity (Wildman–Crippen MR) is 67.5 cm³/mol. The van der Waals surface area contributed by atoms with Gasteiger partial charge in [-0.2, -0.15) is 0 Å². The number of hydrogen-bond donors (Lipinski definition) is 0. The van der Waals surface area contributed by atoms with E-state index in [0.29, 0.717) is 11.8 Å². The second-order valence-corrected chi connectivity index (χ2v) is 5.18. The Morgan fingerprint density at radius 1 is 0.812 bits per heavy atom. The smallest absolute Gasteiger partial charge is 0.0500 e. The molecule has 1 aliphatic rings. The maximum atomic E-state index is 5.65. The van der Waals surface area contributed by atoms with Gasteiger partial charge in [-0.05, 0) is 37.5 Å². The van der Waals surface area contributed by atoms with E-state index in [0.717, 1.165) is 38.3 Å². The van der Waals surface area contributed by atoms with Crippen molar-refractivity contribution in [3.8, 4) is 0 Å². The Balaban J connectivity index is 2.54. The second-order valence-electron chi connectivity index (χ2n) is 5.18. The van der Waals surface area contributed by atoms with Crippen molar-refractivity contribution >= 4 is 0 Å². The minimum atomic E-state index is 0.690. The van der Waals surface area contributed by atoms with Crippen LogP contribution >= 0.6 is 0 Å². The van der Waals surface area contributed by atoms with Gasteiger partial charge >= 0.3 is 0 Å². The molecule has 4 unspecified atom stereocenters. The molecule has 0 bridgehead atoms. The van der Waals surface area contributed by atoms with Crippen LogP contribution in [0.5, 0.6) is 0 Å². The summed E-state index contributed by atoms with van der Waals surface area (Å²) in [5, 5.41) is 0. The zero-order valence-electron chi connectivity index (χ0n) is 11.4. The molecule has 1 rings (SSSR count). The molecular weight excluding hydrogens is 200 g/mol. The van der Waals surface area contributed by atoms with Crippen molar-refractivity contribution in [2.45, 2.75) is 40.5 Å². The van der Waals surface area contributed by atoms with E-state index in [1.54, 1.807) is 0 Å². The van der Waals surface area contributed by atoms with E-state index in [4.69, 9.17) is 9.47 Å². The lowest BCUT2D eigenvalue weighted by Gasteiger charge is -2.40. The second kappa shape index (κ2) is 7.29. The standard InChI is InChI=1S/C14H28O2/c1-5-15-9-13-11(3)7-8-12(4)14(13)10-16-6-2/h11-14H,5-10H2,1-4H3. The Bertz CT molecular complexity index is 162. The van der Waals surface area contributed by atoms with E-state index in [9.17, 15) is 0 Å². The zero-order chi connectivity index (χ0) is 12.0. The first kappa shape index (κ1) is 14.0. The first-order valence-corrected chi connectivity index (χ1v) is 6.86. The lowest BCUT2D eigenvalue weighted by atomic mass is 9.68. The third-order valence-corrected chi connectivity index (χ3v) is 4.12. The molecule has 0 radical (unpaired) electrons. The van der Waals surface area contributed by atoms with Gasteiger partial charge in [0.2, 0.25) is 0 Å². The van der Waals surface area contributed by atoms with E-state index in [1.807, 2.05) is 0 Å². The Morgan fingerprint density at radius 3 is 1.50 bits per heavy atom. The molecular formula is C14H28O2. The molecule has 1 saturated carbocycles. The SMILES string of the molecule is CCOCC1C(C)CCC(C)C1COCC. The fraction of sp³-hybridized carbons (Fsp3) is 1.00. The van der Waals surface area contributed by atoms with Gasteiger partial charge in [-0.3, -0.25) is 0 Å². The van der Waals surface area contributed by atoms with Crippen LogP contribution in [-0.2, 0) is 9.47 Å². The molecule has 0 saturated heterocycles. The van der Waals surface area contributed by atoms with Crippen molar-refractivity contribution in [1.29, 1.82) is 0 Å². The van der Waals surface area contributed by atoms with Crippen molar-refractivity contribution < 1.29 is 9.47 Å². The summed E-state index contributed by atoms with van der Waals surface area (Å²) in [5.74, 6) is 2.95. The fourth-order valence-electron chi connectivity index (χ4n) is 2.88. The van der Waals surface area contributed by atoms with E-state index in [1.165, 1.54) is 12.8 Å². The molecule has 0 aliphatic heterocycles. The molecule has 1 fully saturated rings. The average Bonchev–Trinajstić information content (AvgIpc) is 2.29. The maximum absolute atomic E-state index is 5.65. The molecule has 0 aromatic rings. The van der Waals surface area contributed by atoms with Gasteiger partial charge in [0.15, 0.2) is 0 Å². The van der Waals surface area contributed by atoms with Crippen LogP contribution in [0.15, 0.2) is 0 Å². The number of rotatable bonds is 6. The summed E-state index contributed by atoms with van der Waals surface area (Å²) in [5.41, 5.74) is 0. The molecule has 0 N–H and O–H groups in total. The molecule has 2 heteroatoms. The summed E-state index contributed by atoms with van der Waals surface area (Å²) in [6.45, 7) is 12.4. The van der Waals surface area contributed by atoms with Gasteiger partial charge in [0, 0.05) is 26.4 Å². The van der Waals surface area contributed by atoms with Gasteiger partial charge in [0.1, 0.15) is 0 Å². The van der Waals surface area contributed by atoms with Crippen LogP contribution in [0.3, 0.4) is 0 Å². The monoisotopic (exact) mass is 228 g/mol. The Hall–Kier alpha value is -0.0800. The average molecular weight is 228 g/mol. The topological polar surface area (TPSA) is 18.5 Å². The largest absolute Gasteiger partial charge is 0.381 e. The highest BCUT2D eigenvalue weighted by atomic mass is 16.5. The highest BCUT2D eigenvalue weighted by Gasteiger charge is 2.35. The van der Waals surface area contributed by atoms with Crippen molar-refractivity contribution in [1.82, 2.24) is 0 Å². The Kier molecular flexibility index (Phi) is 6.37.